The highest BCUT2D eigenvalue weighted by molar-refractivity contribution is 7.13. The SMILES string of the molecule is O=C(CCC(=O)c1ccccc1)Nc1ccc(-c2nccs2)cc1. The van der Waals surface area contributed by atoms with E-state index in [4.69, 9.17) is 0 Å². The summed E-state index contributed by atoms with van der Waals surface area (Å²) in [6.45, 7) is 0. The van der Waals surface area contributed by atoms with Gasteiger partial charge in [-0.05, 0) is 24.3 Å². The lowest BCUT2D eigenvalue weighted by molar-refractivity contribution is -0.116. The van der Waals surface area contributed by atoms with Crippen LogP contribution in [-0.2, 0) is 4.79 Å². The van der Waals surface area contributed by atoms with Crippen LogP contribution in [0.5, 0.6) is 0 Å². The number of nitrogens with zero attached hydrogens (tertiary/aromatic N) is 1. The highest BCUT2D eigenvalue weighted by Gasteiger charge is 2.09. The van der Waals surface area contributed by atoms with Crippen molar-refractivity contribution in [3.8, 4) is 10.6 Å². The number of anilines is 1. The number of nitrogens with one attached hydrogen (secondary N) is 1. The summed E-state index contributed by atoms with van der Waals surface area (Å²) in [6, 6.07) is 16.5. The predicted molar refractivity (Wildman–Crippen MR) is 96.2 cm³/mol. The normalized spacial score (nSPS) is 10.3. The van der Waals surface area contributed by atoms with Crippen molar-refractivity contribution < 1.29 is 9.59 Å². The number of amides is 1. The second kappa shape index (κ2) is 7.66. The minimum atomic E-state index is -0.165. The predicted octanol–water partition coefficient (Wildman–Crippen LogP) is 4.41. The van der Waals surface area contributed by atoms with Gasteiger partial charge in [-0.2, -0.15) is 0 Å². The van der Waals surface area contributed by atoms with Gasteiger partial charge in [-0.25, -0.2) is 4.98 Å². The first-order valence-corrected chi connectivity index (χ1v) is 8.48. The Kier molecular flexibility index (Phi) is 5.13. The van der Waals surface area contributed by atoms with Gasteiger partial charge in [0, 0.05) is 41.2 Å². The van der Waals surface area contributed by atoms with Crippen LogP contribution in [0.1, 0.15) is 23.2 Å². The lowest BCUT2D eigenvalue weighted by atomic mass is 10.1. The summed E-state index contributed by atoms with van der Waals surface area (Å²) in [4.78, 5) is 28.2. The lowest BCUT2D eigenvalue weighted by Crippen LogP contribution is -2.13. The van der Waals surface area contributed by atoms with Gasteiger partial charge in [0.15, 0.2) is 5.78 Å². The molecule has 0 radical (unpaired) electrons. The number of carbonyl (C=O) groups is 2. The van der Waals surface area contributed by atoms with Crippen LogP contribution in [-0.4, -0.2) is 16.7 Å². The Morgan fingerprint density at radius 2 is 1.71 bits per heavy atom. The van der Waals surface area contributed by atoms with E-state index in [9.17, 15) is 9.59 Å². The molecule has 0 atom stereocenters. The molecule has 120 valence electrons. The van der Waals surface area contributed by atoms with Crippen molar-refractivity contribution in [2.75, 3.05) is 5.32 Å². The number of aromatic nitrogens is 1. The third kappa shape index (κ3) is 4.14. The number of rotatable bonds is 6. The summed E-state index contributed by atoms with van der Waals surface area (Å²) >= 11 is 1.57. The van der Waals surface area contributed by atoms with Crippen molar-refractivity contribution in [2.24, 2.45) is 0 Å². The van der Waals surface area contributed by atoms with Crippen LogP contribution in [0.4, 0.5) is 5.69 Å². The van der Waals surface area contributed by atoms with Crippen molar-refractivity contribution in [3.63, 3.8) is 0 Å². The fourth-order valence-corrected chi connectivity index (χ4v) is 2.93. The molecular formula is C19H16N2O2S. The van der Waals surface area contributed by atoms with Crippen molar-refractivity contribution in [1.29, 1.82) is 0 Å². The molecule has 0 unspecified atom stereocenters. The van der Waals surface area contributed by atoms with Crippen LogP contribution in [0.2, 0.25) is 0 Å². The maximum atomic E-state index is 12.0. The van der Waals surface area contributed by atoms with Crippen molar-refractivity contribution >= 4 is 28.7 Å². The number of ketones is 1. The molecule has 5 heteroatoms. The monoisotopic (exact) mass is 336 g/mol. The average Bonchev–Trinajstić information content (AvgIpc) is 3.16. The van der Waals surface area contributed by atoms with Gasteiger partial charge in [-0.1, -0.05) is 30.3 Å². The zero-order valence-electron chi connectivity index (χ0n) is 12.9. The zero-order chi connectivity index (χ0) is 16.8. The first kappa shape index (κ1) is 16.1. The van der Waals surface area contributed by atoms with Crippen LogP contribution < -0.4 is 5.32 Å². The Bertz CT molecular complexity index is 812. The van der Waals surface area contributed by atoms with Gasteiger partial charge in [0.25, 0.3) is 0 Å². The molecule has 2 aromatic carbocycles. The van der Waals surface area contributed by atoms with E-state index in [1.165, 1.54) is 0 Å². The van der Waals surface area contributed by atoms with E-state index >= 15 is 0 Å². The second-order valence-corrected chi connectivity index (χ2v) is 6.15. The molecule has 0 bridgehead atoms. The van der Waals surface area contributed by atoms with Gasteiger partial charge < -0.3 is 5.32 Å². The molecule has 0 fully saturated rings. The number of thiazole rings is 1. The molecule has 0 aliphatic carbocycles. The summed E-state index contributed by atoms with van der Waals surface area (Å²) in [5.41, 5.74) is 2.37. The van der Waals surface area contributed by atoms with Crippen molar-refractivity contribution in [1.82, 2.24) is 4.98 Å². The Hall–Kier alpha value is -2.79. The summed E-state index contributed by atoms with van der Waals surface area (Å²) in [5.74, 6) is -0.189. The number of carbonyl (C=O) groups excluding carboxylic acids is 2. The molecule has 4 nitrogen and oxygen atoms in total. The van der Waals surface area contributed by atoms with E-state index in [1.807, 2.05) is 47.8 Å². The molecule has 3 aromatic rings. The molecule has 24 heavy (non-hydrogen) atoms. The topological polar surface area (TPSA) is 59.1 Å². The van der Waals surface area contributed by atoms with Crippen LogP contribution >= 0.6 is 11.3 Å². The summed E-state index contributed by atoms with van der Waals surface area (Å²) in [6.07, 6.45) is 2.13. The average molecular weight is 336 g/mol. The zero-order valence-corrected chi connectivity index (χ0v) is 13.8. The summed E-state index contributed by atoms with van der Waals surface area (Å²) < 4.78 is 0. The third-order valence-electron chi connectivity index (χ3n) is 3.52. The van der Waals surface area contributed by atoms with Gasteiger partial charge in [-0.3, -0.25) is 9.59 Å². The Balaban J connectivity index is 1.52. The third-order valence-corrected chi connectivity index (χ3v) is 4.34. The highest BCUT2D eigenvalue weighted by Crippen LogP contribution is 2.23. The quantitative estimate of drug-likeness (QED) is 0.678. The highest BCUT2D eigenvalue weighted by atomic mass is 32.1. The summed E-state index contributed by atoms with van der Waals surface area (Å²) in [7, 11) is 0. The van der Waals surface area contributed by atoms with Crippen LogP contribution in [0.15, 0.2) is 66.2 Å². The molecule has 1 amide bonds. The Morgan fingerprint density at radius 3 is 2.38 bits per heavy atom. The van der Waals surface area contributed by atoms with Crippen molar-refractivity contribution in [2.45, 2.75) is 12.8 Å². The molecular weight excluding hydrogens is 320 g/mol. The van der Waals surface area contributed by atoms with Gasteiger partial charge in [0.05, 0.1) is 0 Å². The van der Waals surface area contributed by atoms with E-state index in [1.54, 1.807) is 29.7 Å². The minimum absolute atomic E-state index is 0.0233. The molecule has 1 N–H and O–H groups in total. The number of hydrogen-bond donors (Lipinski definition) is 1. The Labute approximate surface area is 144 Å². The number of hydrogen-bond acceptors (Lipinski definition) is 4. The van der Waals surface area contributed by atoms with Gasteiger partial charge in [0.2, 0.25) is 5.91 Å². The van der Waals surface area contributed by atoms with E-state index in [0.717, 1.165) is 10.6 Å². The van der Waals surface area contributed by atoms with Crippen molar-refractivity contribution in [3.05, 3.63) is 71.7 Å². The Morgan fingerprint density at radius 1 is 0.958 bits per heavy atom. The molecule has 0 saturated heterocycles. The number of benzene rings is 2. The summed E-state index contributed by atoms with van der Waals surface area (Å²) in [5, 5.41) is 5.68. The molecule has 3 rings (SSSR count). The fourth-order valence-electron chi connectivity index (χ4n) is 2.28. The fraction of sp³-hybridized carbons (Fsp3) is 0.105. The second-order valence-electron chi connectivity index (χ2n) is 5.25. The first-order valence-electron chi connectivity index (χ1n) is 7.60. The molecule has 0 aliphatic heterocycles. The molecule has 0 saturated carbocycles. The van der Waals surface area contributed by atoms with Crippen LogP contribution in [0, 0.1) is 0 Å². The maximum absolute atomic E-state index is 12.0. The van der Waals surface area contributed by atoms with E-state index in [2.05, 4.69) is 10.3 Å². The number of Topliss-reactive ketones (excluding diaryl/α,β-unsaturated/α-hetero) is 1. The van der Waals surface area contributed by atoms with E-state index in [0.29, 0.717) is 11.3 Å². The van der Waals surface area contributed by atoms with E-state index < -0.39 is 0 Å². The van der Waals surface area contributed by atoms with Gasteiger partial charge in [0.1, 0.15) is 5.01 Å². The van der Waals surface area contributed by atoms with Crippen LogP contribution in [0.3, 0.4) is 0 Å². The maximum Gasteiger partial charge on any atom is 0.224 e. The first-order chi connectivity index (χ1) is 11.7. The minimum Gasteiger partial charge on any atom is -0.326 e. The smallest absolute Gasteiger partial charge is 0.224 e. The molecule has 0 aliphatic rings. The largest absolute Gasteiger partial charge is 0.326 e. The van der Waals surface area contributed by atoms with E-state index in [-0.39, 0.29) is 24.5 Å². The van der Waals surface area contributed by atoms with Gasteiger partial charge >= 0.3 is 0 Å². The molecule has 1 aromatic heterocycles. The lowest BCUT2D eigenvalue weighted by Gasteiger charge is -2.06. The van der Waals surface area contributed by atoms with Gasteiger partial charge in [-0.15, -0.1) is 11.3 Å². The molecule has 0 spiro atoms. The molecule has 1 heterocycles. The van der Waals surface area contributed by atoms with Crippen LogP contribution in [0.25, 0.3) is 10.6 Å². The standard InChI is InChI=1S/C19H16N2O2S/c22-17(14-4-2-1-3-5-14)10-11-18(23)21-16-8-6-15(7-9-16)19-20-12-13-24-19/h1-9,12-13H,10-11H2,(H,21,23).